The van der Waals surface area contributed by atoms with E-state index in [1.54, 1.807) is 0 Å². The molecule has 1 heterocycles. The van der Waals surface area contributed by atoms with Crippen molar-refractivity contribution in [3.8, 4) is 0 Å². The van der Waals surface area contributed by atoms with Gasteiger partial charge >= 0.3 is 0 Å². The monoisotopic (exact) mass is 205 g/mol. The minimum atomic E-state index is 0.794. The maximum Gasteiger partial charge on any atom is 0.0190 e. The molecule has 0 aromatic rings. The molecule has 0 aromatic carbocycles. The van der Waals surface area contributed by atoms with E-state index < -0.39 is 0 Å². The van der Waals surface area contributed by atoms with Gasteiger partial charge in [-0.05, 0) is 32.4 Å². The molecule has 1 unspecified atom stereocenters. The normalized spacial score (nSPS) is 23.4. The molecule has 1 rings (SSSR count). The van der Waals surface area contributed by atoms with Crippen molar-refractivity contribution in [3.05, 3.63) is 0 Å². The largest absolute Gasteiger partial charge is 0.300 e. The summed E-state index contributed by atoms with van der Waals surface area (Å²) in [7, 11) is 0. The van der Waals surface area contributed by atoms with E-state index in [0.717, 1.165) is 11.4 Å². The lowest BCUT2D eigenvalue weighted by molar-refractivity contribution is 0.258. The summed E-state index contributed by atoms with van der Waals surface area (Å²) in [6.45, 7) is 4.92. The minimum Gasteiger partial charge on any atom is -0.300 e. The van der Waals surface area contributed by atoms with Gasteiger partial charge < -0.3 is 0 Å². The van der Waals surface area contributed by atoms with Crippen molar-refractivity contribution in [1.29, 1.82) is 0 Å². The average Bonchev–Trinajstić information content (AvgIpc) is 2.43. The van der Waals surface area contributed by atoms with Gasteiger partial charge in [0.1, 0.15) is 0 Å². The van der Waals surface area contributed by atoms with Gasteiger partial charge in [-0.25, -0.2) is 0 Å². The highest BCUT2D eigenvalue weighted by Gasteiger charge is 2.18. The van der Waals surface area contributed by atoms with E-state index in [1.807, 2.05) is 0 Å². The fourth-order valence-electron chi connectivity index (χ4n) is 1.57. The Morgan fingerprint density at radius 3 is 2.40 bits per heavy atom. The lowest BCUT2D eigenvalue weighted by Crippen LogP contribution is -2.33. The summed E-state index contributed by atoms with van der Waals surface area (Å²) in [5.74, 6) is 0. The maximum absolute atomic E-state index is 3.54. The molecule has 0 bridgehead atoms. The van der Waals surface area contributed by atoms with Gasteiger partial charge in [0.05, 0.1) is 0 Å². The first-order valence-corrected chi connectivity index (χ1v) is 5.30. The molecule has 1 atom stereocenters. The lowest BCUT2D eigenvalue weighted by atomic mass is 10.2. The Kier molecular flexibility index (Phi) is 3.71. The van der Waals surface area contributed by atoms with Crippen LogP contribution in [0.4, 0.5) is 0 Å². The standard InChI is InChI=1S/C8H16BrN/c1-2-8(7-9)10-5-3-4-6-10/h8H,2-7H2,1H3. The van der Waals surface area contributed by atoms with Crippen LogP contribution in [0.3, 0.4) is 0 Å². The summed E-state index contributed by atoms with van der Waals surface area (Å²) in [5, 5.41) is 1.14. The predicted octanol–water partition coefficient (Wildman–Crippen LogP) is 2.26. The van der Waals surface area contributed by atoms with E-state index in [0.29, 0.717) is 0 Å². The Hall–Kier alpha value is 0.440. The van der Waals surface area contributed by atoms with Crippen LogP contribution in [-0.4, -0.2) is 29.4 Å². The lowest BCUT2D eigenvalue weighted by Gasteiger charge is -2.23. The number of hydrogen-bond acceptors (Lipinski definition) is 1. The smallest absolute Gasteiger partial charge is 0.0190 e. The van der Waals surface area contributed by atoms with Crippen LogP contribution in [0, 0.1) is 0 Å². The summed E-state index contributed by atoms with van der Waals surface area (Å²) in [5.41, 5.74) is 0. The molecule has 1 fully saturated rings. The van der Waals surface area contributed by atoms with E-state index in [2.05, 4.69) is 27.8 Å². The second-order valence-electron chi connectivity index (χ2n) is 2.96. The van der Waals surface area contributed by atoms with Crippen molar-refractivity contribution in [1.82, 2.24) is 4.90 Å². The Morgan fingerprint density at radius 2 is 2.00 bits per heavy atom. The van der Waals surface area contributed by atoms with E-state index >= 15 is 0 Å². The zero-order chi connectivity index (χ0) is 7.40. The Morgan fingerprint density at radius 1 is 1.40 bits per heavy atom. The van der Waals surface area contributed by atoms with Crippen LogP contribution >= 0.6 is 15.9 Å². The summed E-state index contributed by atoms with van der Waals surface area (Å²) in [4.78, 5) is 2.59. The zero-order valence-electron chi connectivity index (χ0n) is 6.65. The second kappa shape index (κ2) is 4.35. The molecule has 2 heteroatoms. The third kappa shape index (κ3) is 1.96. The van der Waals surface area contributed by atoms with Gasteiger partial charge in [0.25, 0.3) is 0 Å². The van der Waals surface area contributed by atoms with Crippen LogP contribution in [-0.2, 0) is 0 Å². The summed E-state index contributed by atoms with van der Waals surface area (Å²) in [6, 6.07) is 0.794. The van der Waals surface area contributed by atoms with Crippen molar-refractivity contribution in [2.24, 2.45) is 0 Å². The van der Waals surface area contributed by atoms with Gasteiger partial charge in [0.2, 0.25) is 0 Å². The molecule has 10 heavy (non-hydrogen) atoms. The molecular formula is C8H16BrN. The first kappa shape index (κ1) is 8.54. The Bertz CT molecular complexity index is 85.3. The topological polar surface area (TPSA) is 3.24 Å². The molecule has 0 spiro atoms. The second-order valence-corrected chi connectivity index (χ2v) is 3.61. The van der Waals surface area contributed by atoms with E-state index in [4.69, 9.17) is 0 Å². The molecule has 0 aromatic heterocycles. The fourth-order valence-corrected chi connectivity index (χ4v) is 2.44. The molecule has 0 saturated carbocycles. The highest BCUT2D eigenvalue weighted by atomic mass is 79.9. The molecule has 0 aliphatic carbocycles. The van der Waals surface area contributed by atoms with Crippen molar-refractivity contribution in [3.63, 3.8) is 0 Å². The SMILES string of the molecule is CCC(CBr)N1CCCC1. The molecular weight excluding hydrogens is 190 g/mol. The number of halogens is 1. The molecule has 1 aliphatic heterocycles. The molecule has 1 saturated heterocycles. The van der Waals surface area contributed by atoms with E-state index in [9.17, 15) is 0 Å². The minimum absolute atomic E-state index is 0.794. The van der Waals surface area contributed by atoms with Gasteiger partial charge in [0.15, 0.2) is 0 Å². The van der Waals surface area contributed by atoms with Gasteiger partial charge in [-0.1, -0.05) is 22.9 Å². The van der Waals surface area contributed by atoms with Crippen LogP contribution in [0.15, 0.2) is 0 Å². The highest BCUT2D eigenvalue weighted by Crippen LogP contribution is 2.15. The predicted molar refractivity (Wildman–Crippen MR) is 48.7 cm³/mol. The Balaban J connectivity index is 2.29. The first-order chi connectivity index (χ1) is 4.88. The quantitative estimate of drug-likeness (QED) is 0.640. The number of alkyl halides is 1. The molecule has 1 aliphatic rings. The molecule has 0 amide bonds. The van der Waals surface area contributed by atoms with Crippen LogP contribution in [0.5, 0.6) is 0 Å². The van der Waals surface area contributed by atoms with Crippen LogP contribution in [0.2, 0.25) is 0 Å². The third-order valence-electron chi connectivity index (χ3n) is 2.31. The number of nitrogens with zero attached hydrogens (tertiary/aromatic N) is 1. The third-order valence-corrected chi connectivity index (χ3v) is 3.05. The van der Waals surface area contributed by atoms with Gasteiger partial charge in [-0.15, -0.1) is 0 Å². The summed E-state index contributed by atoms with van der Waals surface area (Å²) < 4.78 is 0. The van der Waals surface area contributed by atoms with Crippen molar-refractivity contribution in [2.45, 2.75) is 32.2 Å². The molecule has 1 nitrogen and oxygen atoms in total. The van der Waals surface area contributed by atoms with Crippen molar-refractivity contribution in [2.75, 3.05) is 18.4 Å². The number of rotatable bonds is 3. The average molecular weight is 206 g/mol. The van der Waals surface area contributed by atoms with Crippen LogP contribution in [0.1, 0.15) is 26.2 Å². The molecule has 0 N–H and O–H groups in total. The van der Waals surface area contributed by atoms with Gasteiger partial charge in [0, 0.05) is 11.4 Å². The number of hydrogen-bond donors (Lipinski definition) is 0. The maximum atomic E-state index is 3.54. The van der Waals surface area contributed by atoms with E-state index in [1.165, 1.54) is 32.4 Å². The van der Waals surface area contributed by atoms with Crippen LogP contribution < -0.4 is 0 Å². The zero-order valence-corrected chi connectivity index (χ0v) is 8.23. The van der Waals surface area contributed by atoms with Gasteiger partial charge in [-0.3, -0.25) is 4.90 Å². The Labute approximate surface area is 71.9 Å². The molecule has 60 valence electrons. The van der Waals surface area contributed by atoms with Crippen LogP contribution in [0.25, 0.3) is 0 Å². The van der Waals surface area contributed by atoms with Crippen molar-refractivity contribution >= 4 is 15.9 Å². The first-order valence-electron chi connectivity index (χ1n) is 4.18. The fraction of sp³-hybridized carbons (Fsp3) is 1.00. The van der Waals surface area contributed by atoms with E-state index in [-0.39, 0.29) is 0 Å². The molecule has 0 radical (unpaired) electrons. The summed E-state index contributed by atoms with van der Waals surface area (Å²) in [6.07, 6.45) is 4.10. The summed E-state index contributed by atoms with van der Waals surface area (Å²) >= 11 is 3.54. The number of likely N-dealkylation sites (tertiary alicyclic amines) is 1. The van der Waals surface area contributed by atoms with Gasteiger partial charge in [-0.2, -0.15) is 0 Å². The van der Waals surface area contributed by atoms with Crippen molar-refractivity contribution < 1.29 is 0 Å². The highest BCUT2D eigenvalue weighted by molar-refractivity contribution is 9.09.